The molecule has 54 heavy (non-hydrogen) atoms. The van der Waals surface area contributed by atoms with E-state index >= 15 is 0 Å². The molecule has 0 spiro atoms. The number of carboxylic acid groups (broad SMARTS) is 1. The molecule has 0 saturated heterocycles. The van der Waals surface area contributed by atoms with E-state index in [1.165, 1.54) is 12.1 Å². The summed E-state index contributed by atoms with van der Waals surface area (Å²) in [6.45, 7) is 5.18. The Kier molecular flexibility index (Phi) is 30.1. The minimum absolute atomic E-state index is 0.00316. The monoisotopic (exact) mass is 768 g/mol. The van der Waals surface area contributed by atoms with Crippen LogP contribution < -0.4 is 26.0 Å². The molecule has 0 aliphatic carbocycles. The molecule has 1 atom stereocenters. The zero-order valence-electron chi connectivity index (χ0n) is 32.0. The molecular formula is C38H64N4O12. The summed E-state index contributed by atoms with van der Waals surface area (Å²) in [6, 6.07) is 5.88. The van der Waals surface area contributed by atoms with Crippen LogP contribution in [0.4, 0.5) is 0 Å². The number of carboxylic acids is 1. The molecule has 0 heterocycles. The highest BCUT2D eigenvalue weighted by Crippen LogP contribution is 2.14. The molecule has 0 saturated carbocycles. The number of rotatable bonds is 36. The third-order valence-corrected chi connectivity index (χ3v) is 7.92. The summed E-state index contributed by atoms with van der Waals surface area (Å²) in [5, 5.41) is 29.6. The van der Waals surface area contributed by atoms with Gasteiger partial charge in [0.1, 0.15) is 19.0 Å². The number of amides is 4. The zero-order valence-corrected chi connectivity index (χ0v) is 32.0. The van der Waals surface area contributed by atoms with Crippen LogP contribution in [0.1, 0.15) is 94.3 Å². The second-order valence-electron chi connectivity index (χ2n) is 12.6. The van der Waals surface area contributed by atoms with Crippen molar-refractivity contribution in [2.75, 3.05) is 85.7 Å². The molecule has 308 valence electrons. The molecule has 0 radical (unpaired) electrons. The summed E-state index contributed by atoms with van der Waals surface area (Å²) in [5.74, 6) is -1.07. The first-order chi connectivity index (χ1) is 26.2. The van der Waals surface area contributed by atoms with Crippen molar-refractivity contribution in [3.63, 3.8) is 0 Å². The number of hydrogen-bond acceptors (Lipinski definition) is 11. The Labute approximate surface area is 319 Å². The molecule has 0 aromatic heterocycles. The van der Waals surface area contributed by atoms with Gasteiger partial charge in [0.2, 0.25) is 23.6 Å². The van der Waals surface area contributed by atoms with E-state index < -0.39 is 12.0 Å². The van der Waals surface area contributed by atoms with Gasteiger partial charge in [0.25, 0.3) is 0 Å². The fraction of sp³-hybridized carbons (Fsp3) is 0.711. The Hall–Kier alpha value is -3.83. The van der Waals surface area contributed by atoms with Gasteiger partial charge >= 0.3 is 5.97 Å². The Morgan fingerprint density at radius 2 is 1.13 bits per heavy atom. The van der Waals surface area contributed by atoms with Crippen molar-refractivity contribution in [3.05, 3.63) is 29.8 Å². The van der Waals surface area contributed by atoms with Gasteiger partial charge in [0.05, 0.1) is 64.5 Å². The van der Waals surface area contributed by atoms with E-state index in [0.717, 1.165) is 57.8 Å². The number of aliphatic hydroxyl groups excluding tert-OH is 1. The van der Waals surface area contributed by atoms with Crippen LogP contribution >= 0.6 is 0 Å². The minimum Gasteiger partial charge on any atom is -0.494 e. The van der Waals surface area contributed by atoms with Crippen LogP contribution in [0.25, 0.3) is 0 Å². The first kappa shape index (κ1) is 48.2. The highest BCUT2D eigenvalue weighted by Gasteiger charge is 2.13. The maximum atomic E-state index is 12.3. The molecule has 16 nitrogen and oxygen atoms in total. The van der Waals surface area contributed by atoms with Crippen molar-refractivity contribution < 1.29 is 57.9 Å². The highest BCUT2D eigenvalue weighted by atomic mass is 16.5. The van der Waals surface area contributed by atoms with E-state index in [-0.39, 0.29) is 81.9 Å². The number of carbonyl (C=O) groups is 5. The van der Waals surface area contributed by atoms with Crippen LogP contribution in [0.3, 0.4) is 0 Å². The standard InChI is InChI=1S/C38H64N4O12/c1-2-3-18-39-36(46)29-52-26-25-51-23-20-41-37(47)30-53-27-24-50-22-19-40-34(44)17-14-32(28-43)42-35(45)11-9-7-5-4-6-8-10-21-54-33-15-12-31(13-16-33)38(48)49/h12-13,15-16,32,43H,2-11,14,17-30H2,1H3,(H,39,46)(H,40,44)(H,41,47)(H,42,45)(H,48,49). The van der Waals surface area contributed by atoms with E-state index in [1.807, 2.05) is 0 Å². The van der Waals surface area contributed by atoms with Crippen LogP contribution in [-0.2, 0) is 38.1 Å². The molecule has 0 aliphatic rings. The molecule has 0 aliphatic heterocycles. The van der Waals surface area contributed by atoms with Gasteiger partial charge < -0.3 is 55.2 Å². The quantitative estimate of drug-likeness (QED) is 0.0542. The molecule has 0 fully saturated rings. The topological polar surface area (TPSA) is 220 Å². The van der Waals surface area contributed by atoms with Gasteiger partial charge in [-0.1, -0.05) is 45.4 Å². The van der Waals surface area contributed by atoms with E-state index in [0.29, 0.717) is 58.0 Å². The lowest BCUT2D eigenvalue weighted by Crippen LogP contribution is -2.38. The molecular weight excluding hydrogens is 704 g/mol. The summed E-state index contributed by atoms with van der Waals surface area (Å²) >= 11 is 0. The third-order valence-electron chi connectivity index (χ3n) is 7.92. The first-order valence-corrected chi connectivity index (χ1v) is 19.2. The molecule has 1 unspecified atom stereocenters. The number of nitrogens with one attached hydrogen (secondary N) is 4. The Morgan fingerprint density at radius 1 is 0.593 bits per heavy atom. The lowest BCUT2D eigenvalue weighted by molar-refractivity contribution is -0.127. The highest BCUT2D eigenvalue weighted by molar-refractivity contribution is 5.87. The molecule has 1 aromatic carbocycles. The summed E-state index contributed by atoms with van der Waals surface area (Å²) in [7, 11) is 0. The van der Waals surface area contributed by atoms with Crippen LogP contribution in [-0.4, -0.2) is 132 Å². The van der Waals surface area contributed by atoms with Crippen molar-refractivity contribution in [1.82, 2.24) is 21.3 Å². The van der Waals surface area contributed by atoms with Crippen molar-refractivity contribution in [3.8, 4) is 5.75 Å². The summed E-state index contributed by atoms with van der Waals surface area (Å²) in [4.78, 5) is 58.7. The van der Waals surface area contributed by atoms with Crippen molar-refractivity contribution in [2.24, 2.45) is 0 Å². The van der Waals surface area contributed by atoms with Gasteiger partial charge in [0.15, 0.2) is 0 Å². The van der Waals surface area contributed by atoms with E-state index in [1.54, 1.807) is 12.1 Å². The second-order valence-corrected chi connectivity index (χ2v) is 12.6. The van der Waals surface area contributed by atoms with Gasteiger partial charge in [-0.05, 0) is 49.9 Å². The summed E-state index contributed by atoms with van der Waals surface area (Å²) in [6.07, 6.45) is 9.61. The third kappa shape index (κ3) is 28.6. The number of carbonyl (C=O) groups excluding carboxylic acids is 4. The van der Waals surface area contributed by atoms with E-state index in [4.69, 9.17) is 28.8 Å². The summed E-state index contributed by atoms with van der Waals surface area (Å²) < 4.78 is 26.9. The van der Waals surface area contributed by atoms with Gasteiger partial charge in [-0.3, -0.25) is 19.2 Å². The number of hydrogen-bond donors (Lipinski definition) is 6. The van der Waals surface area contributed by atoms with Gasteiger partial charge in [-0.15, -0.1) is 0 Å². The lowest BCUT2D eigenvalue weighted by Gasteiger charge is -2.16. The zero-order chi connectivity index (χ0) is 39.5. The maximum absolute atomic E-state index is 12.3. The lowest BCUT2D eigenvalue weighted by atomic mass is 10.1. The van der Waals surface area contributed by atoms with Crippen molar-refractivity contribution in [2.45, 2.75) is 90.0 Å². The summed E-state index contributed by atoms with van der Waals surface area (Å²) in [5.41, 5.74) is 0.232. The average molecular weight is 769 g/mol. The maximum Gasteiger partial charge on any atom is 0.335 e. The predicted octanol–water partition coefficient (Wildman–Crippen LogP) is 2.36. The van der Waals surface area contributed by atoms with E-state index in [9.17, 15) is 29.1 Å². The van der Waals surface area contributed by atoms with Crippen molar-refractivity contribution >= 4 is 29.6 Å². The SMILES string of the molecule is CCCCNC(=O)COCCOCCNC(=O)COCCOCCNC(=O)CCC(CO)NC(=O)CCCCCCCCCOc1ccc(C(=O)O)cc1. The number of aromatic carboxylic acids is 1. The average Bonchev–Trinajstić information content (AvgIpc) is 3.16. The van der Waals surface area contributed by atoms with Crippen LogP contribution in [0, 0.1) is 0 Å². The Bertz CT molecular complexity index is 1160. The molecule has 1 rings (SSSR count). The predicted molar refractivity (Wildman–Crippen MR) is 201 cm³/mol. The van der Waals surface area contributed by atoms with Gasteiger partial charge in [-0.2, -0.15) is 0 Å². The number of unbranched alkanes of at least 4 members (excludes halogenated alkanes) is 7. The molecule has 6 N–H and O–H groups in total. The van der Waals surface area contributed by atoms with Gasteiger partial charge in [-0.25, -0.2) is 4.79 Å². The number of aliphatic hydroxyl groups is 1. The normalized spacial score (nSPS) is 11.4. The van der Waals surface area contributed by atoms with Crippen molar-refractivity contribution in [1.29, 1.82) is 0 Å². The molecule has 0 bridgehead atoms. The number of ether oxygens (including phenoxy) is 5. The van der Waals surface area contributed by atoms with E-state index in [2.05, 4.69) is 28.2 Å². The van der Waals surface area contributed by atoms with Crippen LogP contribution in [0.2, 0.25) is 0 Å². The fourth-order valence-electron chi connectivity index (χ4n) is 4.86. The first-order valence-electron chi connectivity index (χ1n) is 19.2. The minimum atomic E-state index is -0.961. The smallest absolute Gasteiger partial charge is 0.335 e. The number of benzene rings is 1. The molecule has 16 heteroatoms. The largest absolute Gasteiger partial charge is 0.494 e. The van der Waals surface area contributed by atoms with Crippen LogP contribution in [0.5, 0.6) is 5.75 Å². The fourth-order valence-corrected chi connectivity index (χ4v) is 4.86. The molecule has 1 aromatic rings. The molecule has 4 amide bonds. The Balaban J connectivity index is 1.90. The van der Waals surface area contributed by atoms with Crippen LogP contribution in [0.15, 0.2) is 24.3 Å². The Morgan fingerprint density at radius 3 is 1.70 bits per heavy atom. The second kappa shape index (κ2) is 33.7. The van der Waals surface area contributed by atoms with Gasteiger partial charge in [0, 0.05) is 32.5 Å².